The summed E-state index contributed by atoms with van der Waals surface area (Å²) in [6, 6.07) is 5.89. The number of halogens is 6. The van der Waals surface area contributed by atoms with E-state index in [1.807, 2.05) is 0 Å². The van der Waals surface area contributed by atoms with Crippen LogP contribution in [0.15, 0.2) is 34.5 Å². The van der Waals surface area contributed by atoms with Gasteiger partial charge in [-0.15, -0.1) is 10.2 Å². The Morgan fingerprint density at radius 3 is 1.94 bits per heavy atom. The van der Waals surface area contributed by atoms with Crippen LogP contribution in [-0.2, 0) is 21.8 Å². The zero-order valence-electron chi connectivity index (χ0n) is 17.2. The Kier molecular flexibility index (Phi) is 6.48. The SMILES string of the molecule is NCC1CC2(C1)CC(C(=O)NCc1ccc(C3(C(F)(F)F)N=N3)cc1)C2.O=C(O)C(F)(F)F. The van der Waals surface area contributed by atoms with E-state index in [1.165, 1.54) is 12.1 Å². The molecule has 1 aromatic rings. The molecule has 0 saturated heterocycles. The highest BCUT2D eigenvalue weighted by Gasteiger charge is 2.65. The third kappa shape index (κ3) is 5.28. The predicted molar refractivity (Wildman–Crippen MR) is 102 cm³/mol. The Bertz CT molecular complexity index is 909. The van der Waals surface area contributed by atoms with E-state index in [1.54, 1.807) is 12.1 Å². The number of nitrogens with zero attached hydrogens (tertiary/aromatic N) is 2. The fourth-order valence-electron chi connectivity index (χ4n) is 4.47. The van der Waals surface area contributed by atoms with Gasteiger partial charge < -0.3 is 16.2 Å². The first-order valence-electron chi connectivity index (χ1n) is 10.1. The quantitative estimate of drug-likeness (QED) is 0.555. The van der Waals surface area contributed by atoms with Crippen molar-refractivity contribution in [1.29, 1.82) is 0 Å². The van der Waals surface area contributed by atoms with Gasteiger partial charge in [-0.2, -0.15) is 26.3 Å². The van der Waals surface area contributed by atoms with E-state index in [0.29, 0.717) is 17.9 Å². The Labute approximate surface area is 184 Å². The number of benzene rings is 1. The first-order valence-corrected chi connectivity index (χ1v) is 10.1. The number of carbonyl (C=O) groups is 2. The fourth-order valence-corrected chi connectivity index (χ4v) is 4.47. The molecule has 0 unspecified atom stereocenters. The lowest BCUT2D eigenvalue weighted by Crippen LogP contribution is -2.53. The van der Waals surface area contributed by atoms with Crippen molar-refractivity contribution in [3.05, 3.63) is 35.4 Å². The van der Waals surface area contributed by atoms with Crippen LogP contribution in [-0.4, -0.2) is 35.9 Å². The van der Waals surface area contributed by atoms with Crippen LogP contribution in [0, 0.1) is 17.3 Å². The minimum Gasteiger partial charge on any atom is -0.475 e. The second-order valence-corrected chi connectivity index (χ2v) is 8.70. The van der Waals surface area contributed by atoms with Gasteiger partial charge in [0, 0.05) is 18.0 Å². The average Bonchev–Trinajstić information content (AvgIpc) is 3.46. The van der Waals surface area contributed by atoms with Crippen molar-refractivity contribution >= 4 is 11.9 Å². The van der Waals surface area contributed by atoms with Crippen LogP contribution in [0.4, 0.5) is 26.3 Å². The summed E-state index contributed by atoms with van der Waals surface area (Å²) in [7, 11) is 0. The minimum atomic E-state index is -5.08. The van der Waals surface area contributed by atoms with Gasteiger partial charge in [0.05, 0.1) is 0 Å². The zero-order valence-corrected chi connectivity index (χ0v) is 17.2. The number of nitrogens with one attached hydrogen (secondary N) is 1. The standard InChI is InChI=1S/C18H21F3N4O.C2HF3O2/c19-18(20,21)17(24-25-17)14-3-1-11(2-4-14)10-23-15(26)13-7-16(8-13)5-12(6-16)9-22;3-2(4,5)1(6)7/h1-4,12-13H,5-10,22H2,(H,23,26);(H,6,7). The first-order chi connectivity index (χ1) is 15.2. The van der Waals surface area contributed by atoms with Crippen LogP contribution >= 0.6 is 0 Å². The first kappa shape index (κ1) is 24.9. The number of carboxylic acids is 1. The molecule has 33 heavy (non-hydrogen) atoms. The van der Waals surface area contributed by atoms with Crippen molar-refractivity contribution in [1.82, 2.24) is 5.32 Å². The predicted octanol–water partition coefficient (Wildman–Crippen LogP) is 3.88. The van der Waals surface area contributed by atoms with Gasteiger partial charge in [0.2, 0.25) is 5.91 Å². The van der Waals surface area contributed by atoms with Crippen LogP contribution in [0.1, 0.15) is 36.8 Å². The number of amides is 1. The molecule has 0 atom stereocenters. The maximum atomic E-state index is 13.0. The lowest BCUT2D eigenvalue weighted by Gasteiger charge is -2.57. The van der Waals surface area contributed by atoms with Crippen molar-refractivity contribution < 1.29 is 41.0 Å². The van der Waals surface area contributed by atoms with Gasteiger partial charge in [-0.25, -0.2) is 4.79 Å². The van der Waals surface area contributed by atoms with Gasteiger partial charge >= 0.3 is 24.0 Å². The van der Waals surface area contributed by atoms with E-state index in [2.05, 4.69) is 15.5 Å². The van der Waals surface area contributed by atoms with Gasteiger partial charge in [0.25, 0.3) is 0 Å². The van der Waals surface area contributed by atoms with Crippen LogP contribution < -0.4 is 11.1 Å². The molecule has 1 aliphatic heterocycles. The zero-order chi connectivity index (χ0) is 24.7. The molecule has 1 amide bonds. The van der Waals surface area contributed by atoms with E-state index >= 15 is 0 Å². The molecule has 0 radical (unpaired) electrons. The van der Waals surface area contributed by atoms with Crippen molar-refractivity contribution in [2.24, 2.45) is 33.2 Å². The molecule has 3 aliphatic rings. The van der Waals surface area contributed by atoms with Crippen molar-refractivity contribution in [2.45, 2.75) is 50.2 Å². The lowest BCUT2D eigenvalue weighted by atomic mass is 9.48. The monoisotopic (exact) mass is 480 g/mol. The van der Waals surface area contributed by atoms with Crippen molar-refractivity contribution in [3.8, 4) is 0 Å². The van der Waals surface area contributed by atoms with Gasteiger partial charge in [-0.3, -0.25) is 4.79 Å². The third-order valence-corrected chi connectivity index (χ3v) is 6.27. The maximum absolute atomic E-state index is 13.0. The van der Waals surface area contributed by atoms with Crippen LogP contribution in [0.3, 0.4) is 0 Å². The van der Waals surface area contributed by atoms with E-state index < -0.39 is 24.0 Å². The van der Waals surface area contributed by atoms with E-state index in [-0.39, 0.29) is 17.4 Å². The van der Waals surface area contributed by atoms with Gasteiger partial charge in [0.1, 0.15) is 0 Å². The number of carboxylic acid groups (broad SMARTS) is 1. The molecule has 1 heterocycles. The average molecular weight is 480 g/mol. The molecule has 2 fully saturated rings. The van der Waals surface area contributed by atoms with Crippen LogP contribution in [0.25, 0.3) is 0 Å². The summed E-state index contributed by atoms with van der Waals surface area (Å²) in [4.78, 5) is 21.1. The molecular formula is C20H22F6N4O3. The normalized spacial score (nSPS) is 27.0. The highest BCUT2D eigenvalue weighted by molar-refractivity contribution is 5.79. The second kappa shape index (κ2) is 8.58. The smallest absolute Gasteiger partial charge is 0.475 e. The van der Waals surface area contributed by atoms with Crippen LogP contribution in [0.5, 0.6) is 0 Å². The summed E-state index contributed by atoms with van der Waals surface area (Å²) in [6.45, 7) is 1.03. The third-order valence-electron chi connectivity index (χ3n) is 6.27. The molecule has 0 bridgehead atoms. The summed E-state index contributed by atoms with van der Waals surface area (Å²) in [5, 5.41) is 16.4. The Balaban J connectivity index is 0.000000383. The highest BCUT2D eigenvalue weighted by atomic mass is 19.4. The number of hydrogen-bond acceptors (Lipinski definition) is 5. The molecular weight excluding hydrogens is 458 g/mol. The molecule has 0 aromatic heterocycles. The van der Waals surface area contributed by atoms with Gasteiger partial charge in [0.15, 0.2) is 0 Å². The summed E-state index contributed by atoms with van der Waals surface area (Å²) in [6.07, 6.45) is -5.50. The largest absolute Gasteiger partial charge is 0.490 e. The fraction of sp³-hybridized carbons (Fsp3) is 0.600. The number of nitrogens with two attached hydrogens (primary N) is 1. The molecule has 182 valence electrons. The van der Waals surface area contributed by atoms with Gasteiger partial charge in [-0.1, -0.05) is 24.3 Å². The molecule has 4 N–H and O–H groups in total. The van der Waals surface area contributed by atoms with E-state index in [4.69, 9.17) is 15.6 Å². The number of hydrogen-bond donors (Lipinski definition) is 3. The van der Waals surface area contributed by atoms with Gasteiger partial charge in [-0.05, 0) is 49.1 Å². The lowest BCUT2D eigenvalue weighted by molar-refractivity contribution is -0.192. The Morgan fingerprint density at radius 2 is 1.55 bits per heavy atom. The summed E-state index contributed by atoms with van der Waals surface area (Å²) >= 11 is 0. The molecule has 2 saturated carbocycles. The maximum Gasteiger partial charge on any atom is 0.490 e. The van der Waals surface area contributed by atoms with Crippen LogP contribution in [0.2, 0.25) is 0 Å². The topological polar surface area (TPSA) is 117 Å². The Morgan fingerprint density at radius 1 is 1.03 bits per heavy atom. The number of rotatable bonds is 5. The second-order valence-electron chi connectivity index (χ2n) is 8.70. The van der Waals surface area contributed by atoms with Crippen molar-refractivity contribution in [2.75, 3.05) is 6.54 Å². The number of carbonyl (C=O) groups excluding carboxylic acids is 1. The minimum absolute atomic E-state index is 0.000419. The van der Waals surface area contributed by atoms with Crippen molar-refractivity contribution in [3.63, 3.8) is 0 Å². The summed E-state index contributed by atoms with van der Waals surface area (Å²) < 4.78 is 70.6. The Hall–Kier alpha value is -2.70. The molecule has 4 rings (SSSR count). The molecule has 1 spiro atoms. The molecule has 1 aromatic carbocycles. The number of alkyl halides is 6. The molecule has 7 nitrogen and oxygen atoms in total. The number of aliphatic carboxylic acids is 1. The highest BCUT2D eigenvalue weighted by Crippen LogP contribution is 2.60. The summed E-state index contributed by atoms with van der Waals surface area (Å²) in [5.41, 5.74) is 4.36. The van der Waals surface area contributed by atoms with E-state index in [0.717, 1.165) is 37.8 Å². The molecule has 2 aliphatic carbocycles. The van der Waals surface area contributed by atoms with E-state index in [9.17, 15) is 31.1 Å². The molecule has 13 heteroatoms. The summed E-state index contributed by atoms with van der Waals surface area (Å²) in [5.74, 6) is -2.07.